The van der Waals surface area contributed by atoms with Gasteiger partial charge in [-0.25, -0.2) is 4.79 Å². The molecule has 0 aliphatic carbocycles. The molecule has 0 heterocycles. The Kier molecular flexibility index (Phi) is 7.90. The number of hydrogen-bond acceptors (Lipinski definition) is 3. The highest BCUT2D eigenvalue weighted by molar-refractivity contribution is 7.99. The quantitative estimate of drug-likeness (QED) is 0.201. The van der Waals surface area contributed by atoms with E-state index in [9.17, 15) is 4.79 Å². The van der Waals surface area contributed by atoms with Crippen molar-refractivity contribution < 1.29 is 4.79 Å². The third kappa shape index (κ3) is 5.34. The summed E-state index contributed by atoms with van der Waals surface area (Å²) in [5.41, 5.74) is 2.00. The van der Waals surface area contributed by atoms with E-state index >= 15 is 0 Å². The van der Waals surface area contributed by atoms with Crippen molar-refractivity contribution in [1.29, 1.82) is 0 Å². The Morgan fingerprint density at radius 3 is 2.43 bits per heavy atom. The number of rotatable bonds is 10. The van der Waals surface area contributed by atoms with Gasteiger partial charge in [-0.05, 0) is 48.1 Å². The Morgan fingerprint density at radius 1 is 0.857 bits per heavy atom. The number of nitrogens with zero attached hydrogens (tertiary/aromatic N) is 1. The molecule has 0 spiro atoms. The normalized spacial score (nSPS) is 10.8. The second kappa shape index (κ2) is 10.8. The van der Waals surface area contributed by atoms with Crippen molar-refractivity contribution in [3.63, 3.8) is 0 Å². The molecular weight excluding hydrogens is 362 g/mol. The summed E-state index contributed by atoms with van der Waals surface area (Å²) in [6.45, 7) is 2.25. The van der Waals surface area contributed by atoms with E-state index in [1.54, 1.807) is 17.8 Å². The zero-order valence-electron chi connectivity index (χ0n) is 16.5. The molecule has 0 aromatic heterocycles. The van der Waals surface area contributed by atoms with Gasteiger partial charge in [-0.15, -0.1) is 0 Å². The zero-order valence-corrected chi connectivity index (χ0v) is 17.3. The van der Waals surface area contributed by atoms with Crippen LogP contribution in [0.4, 0.5) is 5.69 Å². The van der Waals surface area contributed by atoms with Gasteiger partial charge < -0.3 is 0 Å². The molecule has 3 rings (SSSR count). The maximum absolute atomic E-state index is 11.0. The van der Waals surface area contributed by atoms with E-state index in [1.807, 2.05) is 12.1 Å². The molecule has 0 radical (unpaired) electrons. The predicted molar refractivity (Wildman–Crippen MR) is 119 cm³/mol. The average Bonchev–Trinajstić information content (AvgIpc) is 2.73. The maximum Gasteiger partial charge on any atom is 0.240 e. The third-order valence-corrected chi connectivity index (χ3v) is 6.09. The second-order valence-electron chi connectivity index (χ2n) is 7.06. The molecule has 3 heteroatoms. The lowest BCUT2D eigenvalue weighted by Gasteiger charge is -2.12. The number of hydrogen-bond donors (Lipinski definition) is 0. The summed E-state index contributed by atoms with van der Waals surface area (Å²) in [4.78, 5) is 17.4. The Labute approximate surface area is 172 Å². The third-order valence-electron chi connectivity index (χ3n) is 5.00. The van der Waals surface area contributed by atoms with Gasteiger partial charge in [0.25, 0.3) is 0 Å². The van der Waals surface area contributed by atoms with E-state index in [2.05, 4.69) is 60.4 Å². The van der Waals surface area contributed by atoms with Gasteiger partial charge in [0, 0.05) is 15.2 Å². The monoisotopic (exact) mass is 389 g/mol. The molecule has 0 fully saturated rings. The summed E-state index contributed by atoms with van der Waals surface area (Å²) in [6.07, 6.45) is 10.4. The number of benzene rings is 3. The number of isocyanates is 1. The Morgan fingerprint density at radius 2 is 1.64 bits per heavy atom. The van der Waals surface area contributed by atoms with Crippen LogP contribution in [0.2, 0.25) is 0 Å². The van der Waals surface area contributed by atoms with Crippen molar-refractivity contribution >= 4 is 34.3 Å². The second-order valence-corrected chi connectivity index (χ2v) is 8.17. The van der Waals surface area contributed by atoms with Gasteiger partial charge in [-0.1, -0.05) is 87.2 Å². The first kappa shape index (κ1) is 20.4. The molecule has 0 N–H and O–H groups in total. The van der Waals surface area contributed by atoms with Crippen LogP contribution in [-0.2, 0) is 11.2 Å². The van der Waals surface area contributed by atoms with E-state index in [1.165, 1.54) is 53.9 Å². The molecule has 0 bridgehead atoms. The molecule has 0 unspecified atom stereocenters. The van der Waals surface area contributed by atoms with Crippen LogP contribution in [0.3, 0.4) is 0 Å². The van der Waals surface area contributed by atoms with Crippen LogP contribution in [0.1, 0.15) is 51.0 Å². The molecule has 0 saturated carbocycles. The maximum atomic E-state index is 11.0. The highest BCUT2D eigenvalue weighted by Crippen LogP contribution is 2.39. The van der Waals surface area contributed by atoms with Crippen molar-refractivity contribution in [2.45, 2.75) is 61.7 Å². The van der Waals surface area contributed by atoms with E-state index in [0.717, 1.165) is 22.9 Å². The zero-order chi connectivity index (χ0) is 19.6. The Balaban J connectivity index is 1.89. The first-order valence-electron chi connectivity index (χ1n) is 10.2. The molecule has 0 aliphatic rings. The van der Waals surface area contributed by atoms with Gasteiger partial charge in [0.2, 0.25) is 6.08 Å². The molecule has 0 atom stereocenters. The number of unbranched alkanes of at least 4 members (excludes halogenated alkanes) is 5. The molecule has 2 nitrogen and oxygen atoms in total. The Hall–Kier alpha value is -2.35. The first-order valence-corrected chi connectivity index (χ1v) is 11.0. The average molecular weight is 390 g/mol. The van der Waals surface area contributed by atoms with Gasteiger partial charge in [-0.3, -0.25) is 0 Å². The summed E-state index contributed by atoms with van der Waals surface area (Å²) < 4.78 is 0. The summed E-state index contributed by atoms with van der Waals surface area (Å²) in [5.74, 6) is 0. The molecule has 0 saturated heterocycles. The molecule has 3 aromatic rings. The van der Waals surface area contributed by atoms with Crippen LogP contribution < -0.4 is 0 Å². The Bertz CT molecular complexity index is 945. The molecule has 0 amide bonds. The summed E-state index contributed by atoms with van der Waals surface area (Å²) in [6, 6.07) is 20.8. The molecule has 144 valence electrons. The van der Waals surface area contributed by atoms with Crippen LogP contribution >= 0.6 is 11.8 Å². The van der Waals surface area contributed by atoms with Crippen molar-refractivity contribution in [2.24, 2.45) is 4.99 Å². The van der Waals surface area contributed by atoms with Gasteiger partial charge in [0.1, 0.15) is 0 Å². The molecule has 0 aliphatic heterocycles. The minimum atomic E-state index is 0.726. The largest absolute Gasteiger partial charge is 0.240 e. The lowest BCUT2D eigenvalue weighted by atomic mass is 9.98. The van der Waals surface area contributed by atoms with Crippen LogP contribution in [0, 0.1) is 0 Å². The van der Waals surface area contributed by atoms with Gasteiger partial charge in [-0.2, -0.15) is 4.99 Å². The highest BCUT2D eigenvalue weighted by Gasteiger charge is 2.11. The molecule has 28 heavy (non-hydrogen) atoms. The van der Waals surface area contributed by atoms with Crippen LogP contribution in [0.15, 0.2) is 75.4 Å². The summed E-state index contributed by atoms with van der Waals surface area (Å²) >= 11 is 1.75. The van der Waals surface area contributed by atoms with Crippen molar-refractivity contribution in [1.82, 2.24) is 0 Å². The van der Waals surface area contributed by atoms with Gasteiger partial charge in [0.05, 0.1) is 5.69 Å². The standard InChI is InChI=1S/C25H27NOS/c1-2-3-4-5-6-8-12-20-13-11-16-22-24(28-21-14-9-7-10-15-21)18-17-23(25(20)22)26-19-27/h7,9-11,13-18H,2-6,8,12H2,1H3. The minimum Gasteiger partial charge on any atom is -0.211 e. The topological polar surface area (TPSA) is 29.4 Å². The number of aliphatic imine (C=N–C) groups is 1. The minimum absolute atomic E-state index is 0.726. The molecular formula is C25H27NOS. The number of carbonyl (C=O) groups excluding carboxylic acids is 1. The lowest BCUT2D eigenvalue weighted by molar-refractivity contribution is 0.565. The fourth-order valence-corrected chi connectivity index (χ4v) is 4.55. The van der Waals surface area contributed by atoms with Crippen molar-refractivity contribution in [3.05, 3.63) is 66.2 Å². The lowest BCUT2D eigenvalue weighted by Crippen LogP contribution is -1.90. The van der Waals surface area contributed by atoms with E-state index in [4.69, 9.17) is 0 Å². The van der Waals surface area contributed by atoms with E-state index in [0.29, 0.717) is 0 Å². The van der Waals surface area contributed by atoms with E-state index in [-0.39, 0.29) is 0 Å². The number of fused-ring (bicyclic) bond motifs is 1. The van der Waals surface area contributed by atoms with Gasteiger partial charge >= 0.3 is 0 Å². The molecule has 3 aromatic carbocycles. The van der Waals surface area contributed by atoms with Crippen LogP contribution in [-0.4, -0.2) is 6.08 Å². The SMILES string of the molecule is CCCCCCCCc1cccc2c(Sc3ccccc3)ccc(N=C=O)c12. The van der Waals surface area contributed by atoms with Crippen molar-refractivity contribution in [3.8, 4) is 0 Å². The highest BCUT2D eigenvalue weighted by atomic mass is 32.2. The van der Waals surface area contributed by atoms with E-state index < -0.39 is 0 Å². The fraction of sp³-hybridized carbons (Fsp3) is 0.320. The summed E-state index contributed by atoms with van der Waals surface area (Å²) in [7, 11) is 0. The van der Waals surface area contributed by atoms with Crippen LogP contribution in [0.25, 0.3) is 10.8 Å². The predicted octanol–water partition coefficient (Wildman–Crippen LogP) is 7.86. The smallest absolute Gasteiger partial charge is 0.211 e. The van der Waals surface area contributed by atoms with Crippen LogP contribution in [0.5, 0.6) is 0 Å². The van der Waals surface area contributed by atoms with Crippen molar-refractivity contribution in [2.75, 3.05) is 0 Å². The fourth-order valence-electron chi connectivity index (χ4n) is 3.59. The van der Waals surface area contributed by atoms with Gasteiger partial charge in [0.15, 0.2) is 0 Å². The summed E-state index contributed by atoms with van der Waals surface area (Å²) in [5, 5.41) is 2.26. The first-order chi connectivity index (χ1) is 13.8. The number of aryl methyl sites for hydroxylation is 1.